The Kier molecular flexibility index (Phi) is 6.37. The molecule has 0 aliphatic carbocycles. The standard InChI is InChI=1S/C16H23N3O2/c1-3-7-15-17-16(21-18-15)13-19(10-11-20-2)12-14-8-5-4-6-9-14/h4-6,8-9H,3,7,10-13H2,1-2H3. The zero-order valence-corrected chi connectivity index (χ0v) is 12.8. The van der Waals surface area contributed by atoms with Crippen LogP contribution in [0.4, 0.5) is 0 Å². The van der Waals surface area contributed by atoms with Gasteiger partial charge in [-0.3, -0.25) is 4.90 Å². The van der Waals surface area contributed by atoms with Crippen LogP contribution in [0.5, 0.6) is 0 Å². The lowest BCUT2D eigenvalue weighted by Gasteiger charge is -2.20. The third kappa shape index (κ3) is 5.28. The minimum atomic E-state index is 0.648. The van der Waals surface area contributed by atoms with Gasteiger partial charge >= 0.3 is 0 Å². The zero-order valence-electron chi connectivity index (χ0n) is 12.8. The molecule has 2 aromatic rings. The second-order valence-electron chi connectivity index (χ2n) is 5.04. The molecule has 1 heterocycles. The third-order valence-corrected chi connectivity index (χ3v) is 3.20. The van der Waals surface area contributed by atoms with Crippen LogP contribution in [0.25, 0.3) is 0 Å². The number of aromatic nitrogens is 2. The highest BCUT2D eigenvalue weighted by molar-refractivity contribution is 5.14. The van der Waals surface area contributed by atoms with E-state index in [4.69, 9.17) is 9.26 Å². The molecule has 0 radical (unpaired) electrons. The smallest absolute Gasteiger partial charge is 0.240 e. The summed E-state index contributed by atoms with van der Waals surface area (Å²) in [5.74, 6) is 1.46. The van der Waals surface area contributed by atoms with E-state index in [0.29, 0.717) is 19.0 Å². The highest BCUT2D eigenvalue weighted by Crippen LogP contribution is 2.09. The quantitative estimate of drug-likeness (QED) is 0.710. The molecule has 0 saturated heterocycles. The van der Waals surface area contributed by atoms with E-state index in [0.717, 1.165) is 31.8 Å². The summed E-state index contributed by atoms with van der Waals surface area (Å²) < 4.78 is 10.5. The Morgan fingerprint density at radius 3 is 2.71 bits per heavy atom. The molecule has 0 bridgehead atoms. The van der Waals surface area contributed by atoms with Gasteiger partial charge in [-0.2, -0.15) is 4.98 Å². The Balaban J connectivity index is 1.97. The van der Waals surface area contributed by atoms with Gasteiger partial charge in [0, 0.05) is 26.6 Å². The first-order valence-corrected chi connectivity index (χ1v) is 7.38. The molecular formula is C16H23N3O2. The van der Waals surface area contributed by atoms with Crippen LogP contribution in [0, 0.1) is 0 Å². The van der Waals surface area contributed by atoms with E-state index in [1.54, 1.807) is 7.11 Å². The second kappa shape index (κ2) is 8.54. The number of aryl methyl sites for hydroxylation is 1. The van der Waals surface area contributed by atoms with Crippen LogP contribution in [0.15, 0.2) is 34.9 Å². The van der Waals surface area contributed by atoms with Crippen LogP contribution in [-0.2, 0) is 24.2 Å². The van der Waals surface area contributed by atoms with E-state index < -0.39 is 0 Å². The molecule has 0 N–H and O–H groups in total. The Hall–Kier alpha value is -1.72. The number of benzene rings is 1. The normalized spacial score (nSPS) is 11.2. The van der Waals surface area contributed by atoms with Crippen molar-refractivity contribution < 1.29 is 9.26 Å². The summed E-state index contributed by atoms with van der Waals surface area (Å²) in [6.45, 7) is 5.11. The molecule has 114 valence electrons. The van der Waals surface area contributed by atoms with Gasteiger partial charge in [0.1, 0.15) is 0 Å². The first-order chi connectivity index (χ1) is 10.3. The molecular weight excluding hydrogens is 266 g/mol. The molecule has 0 amide bonds. The van der Waals surface area contributed by atoms with Crippen molar-refractivity contribution in [2.75, 3.05) is 20.3 Å². The molecule has 1 aromatic carbocycles. The molecule has 0 fully saturated rings. The van der Waals surface area contributed by atoms with Crippen LogP contribution in [0.3, 0.4) is 0 Å². The zero-order chi connectivity index (χ0) is 14.9. The Bertz CT molecular complexity index is 513. The third-order valence-electron chi connectivity index (χ3n) is 3.20. The molecule has 2 rings (SSSR count). The topological polar surface area (TPSA) is 51.4 Å². The lowest BCUT2D eigenvalue weighted by Crippen LogP contribution is -2.26. The van der Waals surface area contributed by atoms with Crippen molar-refractivity contribution in [3.05, 3.63) is 47.6 Å². The van der Waals surface area contributed by atoms with Gasteiger partial charge in [-0.15, -0.1) is 0 Å². The first kappa shape index (κ1) is 15.7. The molecule has 21 heavy (non-hydrogen) atoms. The summed E-state index contributed by atoms with van der Waals surface area (Å²) in [5, 5.41) is 4.00. The van der Waals surface area contributed by atoms with E-state index in [1.807, 2.05) is 6.07 Å². The molecule has 0 unspecified atom stereocenters. The Labute approximate surface area is 125 Å². The molecule has 0 aliphatic rings. The maximum absolute atomic E-state index is 5.32. The van der Waals surface area contributed by atoms with Crippen LogP contribution >= 0.6 is 0 Å². The van der Waals surface area contributed by atoms with Gasteiger partial charge in [0.15, 0.2) is 5.82 Å². The number of hydrogen-bond acceptors (Lipinski definition) is 5. The molecule has 1 aromatic heterocycles. The van der Waals surface area contributed by atoms with Gasteiger partial charge in [0.05, 0.1) is 13.2 Å². The van der Waals surface area contributed by atoms with Crippen LogP contribution in [0.1, 0.15) is 30.6 Å². The summed E-state index contributed by atoms with van der Waals surface area (Å²) >= 11 is 0. The molecule has 5 heteroatoms. The predicted octanol–water partition coefficient (Wildman–Crippen LogP) is 2.67. The molecule has 0 atom stereocenters. The van der Waals surface area contributed by atoms with Crippen LogP contribution in [0.2, 0.25) is 0 Å². The predicted molar refractivity (Wildman–Crippen MR) is 80.7 cm³/mol. The minimum absolute atomic E-state index is 0.648. The maximum Gasteiger partial charge on any atom is 0.240 e. The molecule has 5 nitrogen and oxygen atoms in total. The first-order valence-electron chi connectivity index (χ1n) is 7.38. The molecule has 0 spiro atoms. The number of hydrogen-bond donors (Lipinski definition) is 0. The van der Waals surface area contributed by atoms with E-state index >= 15 is 0 Å². The van der Waals surface area contributed by atoms with Gasteiger partial charge in [0.25, 0.3) is 0 Å². The van der Waals surface area contributed by atoms with Gasteiger partial charge in [0.2, 0.25) is 5.89 Å². The van der Waals surface area contributed by atoms with Gasteiger partial charge < -0.3 is 9.26 Å². The van der Waals surface area contributed by atoms with E-state index in [1.165, 1.54) is 5.56 Å². The average Bonchev–Trinajstić information content (AvgIpc) is 2.93. The highest BCUT2D eigenvalue weighted by Gasteiger charge is 2.12. The van der Waals surface area contributed by atoms with Gasteiger partial charge in [-0.1, -0.05) is 42.4 Å². The number of rotatable bonds is 9. The summed E-state index contributed by atoms with van der Waals surface area (Å²) in [4.78, 5) is 6.68. The Morgan fingerprint density at radius 1 is 1.19 bits per heavy atom. The van der Waals surface area contributed by atoms with Crippen LogP contribution < -0.4 is 0 Å². The number of nitrogens with zero attached hydrogens (tertiary/aromatic N) is 3. The minimum Gasteiger partial charge on any atom is -0.383 e. The van der Waals surface area contributed by atoms with Crippen molar-refractivity contribution in [2.24, 2.45) is 0 Å². The average molecular weight is 289 g/mol. The van der Waals surface area contributed by atoms with E-state index in [2.05, 4.69) is 46.2 Å². The largest absolute Gasteiger partial charge is 0.383 e. The van der Waals surface area contributed by atoms with E-state index in [-0.39, 0.29) is 0 Å². The summed E-state index contributed by atoms with van der Waals surface area (Å²) in [5.41, 5.74) is 1.27. The van der Waals surface area contributed by atoms with E-state index in [9.17, 15) is 0 Å². The SMILES string of the molecule is CCCc1noc(CN(CCOC)Cc2ccccc2)n1. The summed E-state index contributed by atoms with van der Waals surface area (Å²) in [6.07, 6.45) is 1.89. The summed E-state index contributed by atoms with van der Waals surface area (Å²) in [6, 6.07) is 10.4. The van der Waals surface area contributed by atoms with Crippen molar-refractivity contribution in [3.8, 4) is 0 Å². The van der Waals surface area contributed by atoms with Crippen molar-refractivity contribution in [1.29, 1.82) is 0 Å². The van der Waals surface area contributed by atoms with Crippen LogP contribution in [-0.4, -0.2) is 35.3 Å². The fraction of sp³-hybridized carbons (Fsp3) is 0.500. The second-order valence-corrected chi connectivity index (χ2v) is 5.04. The lowest BCUT2D eigenvalue weighted by molar-refractivity contribution is 0.131. The van der Waals surface area contributed by atoms with Crippen molar-refractivity contribution in [2.45, 2.75) is 32.9 Å². The van der Waals surface area contributed by atoms with Crippen molar-refractivity contribution >= 4 is 0 Å². The maximum atomic E-state index is 5.32. The fourth-order valence-corrected chi connectivity index (χ4v) is 2.15. The van der Waals surface area contributed by atoms with Crippen molar-refractivity contribution in [3.63, 3.8) is 0 Å². The van der Waals surface area contributed by atoms with Crippen molar-refractivity contribution in [1.82, 2.24) is 15.0 Å². The highest BCUT2D eigenvalue weighted by atomic mass is 16.5. The van der Waals surface area contributed by atoms with Gasteiger partial charge in [-0.25, -0.2) is 0 Å². The molecule has 0 saturated carbocycles. The Morgan fingerprint density at radius 2 is 2.00 bits per heavy atom. The summed E-state index contributed by atoms with van der Waals surface area (Å²) in [7, 11) is 1.72. The number of ether oxygens (including phenoxy) is 1. The molecule has 0 aliphatic heterocycles. The lowest BCUT2D eigenvalue weighted by atomic mass is 10.2. The number of methoxy groups -OCH3 is 1. The fourth-order valence-electron chi connectivity index (χ4n) is 2.15. The van der Waals surface area contributed by atoms with Gasteiger partial charge in [-0.05, 0) is 12.0 Å². The monoisotopic (exact) mass is 289 g/mol.